The molecule has 1 heterocycles. The van der Waals surface area contributed by atoms with Crippen molar-refractivity contribution in [2.45, 2.75) is 6.04 Å². The van der Waals surface area contributed by atoms with E-state index in [1.54, 1.807) is 49.6 Å². The molecule has 0 N–H and O–H groups in total. The molecule has 0 spiro atoms. The minimum Gasteiger partial charge on any atom is -0.497 e. The number of methoxy groups -OCH3 is 3. The summed E-state index contributed by atoms with van der Waals surface area (Å²) < 4.78 is 39.6. The lowest BCUT2D eigenvalue weighted by molar-refractivity contribution is 0.0982. The average Bonchev–Trinajstić information content (AvgIpc) is 3.07. The minimum absolute atomic E-state index is 0.175. The molecule has 0 saturated carbocycles. The maximum atomic E-state index is 13.4. The molecule has 28 heavy (non-hydrogen) atoms. The van der Waals surface area contributed by atoms with Gasteiger partial charge in [0, 0.05) is 22.7 Å². The number of carbonyl (C=O) groups is 1. The van der Waals surface area contributed by atoms with Crippen molar-refractivity contribution in [2.75, 3.05) is 32.0 Å². The van der Waals surface area contributed by atoms with E-state index in [2.05, 4.69) is 0 Å². The second-order valence-corrected chi connectivity index (χ2v) is 8.13. The SMILES string of the molecule is COc1ccc(N(C(=O)c2cc(OC)cc(OC)c2)[C@@H]2C=CS(=O)(=O)C2)cc1. The highest BCUT2D eigenvalue weighted by atomic mass is 32.2. The van der Waals surface area contributed by atoms with E-state index in [0.29, 0.717) is 28.5 Å². The fourth-order valence-corrected chi connectivity index (χ4v) is 4.26. The van der Waals surface area contributed by atoms with Gasteiger partial charge < -0.3 is 19.1 Å². The van der Waals surface area contributed by atoms with Crippen molar-refractivity contribution < 1.29 is 27.4 Å². The number of rotatable bonds is 6. The molecule has 7 nitrogen and oxygen atoms in total. The summed E-state index contributed by atoms with van der Waals surface area (Å²) in [6.45, 7) is 0. The Kier molecular flexibility index (Phi) is 5.60. The van der Waals surface area contributed by atoms with Gasteiger partial charge in [-0.15, -0.1) is 0 Å². The van der Waals surface area contributed by atoms with E-state index in [1.807, 2.05) is 0 Å². The van der Waals surface area contributed by atoms with E-state index in [1.165, 1.54) is 25.2 Å². The van der Waals surface area contributed by atoms with Gasteiger partial charge in [0.05, 0.1) is 33.1 Å². The van der Waals surface area contributed by atoms with Crippen LogP contribution in [0.4, 0.5) is 5.69 Å². The van der Waals surface area contributed by atoms with Gasteiger partial charge in [-0.05, 0) is 42.5 Å². The maximum absolute atomic E-state index is 13.4. The first-order valence-electron chi connectivity index (χ1n) is 8.48. The number of benzene rings is 2. The number of anilines is 1. The monoisotopic (exact) mass is 403 g/mol. The number of nitrogens with zero attached hydrogens (tertiary/aromatic N) is 1. The lowest BCUT2D eigenvalue weighted by Gasteiger charge is -2.28. The first-order valence-corrected chi connectivity index (χ1v) is 10.2. The van der Waals surface area contributed by atoms with Gasteiger partial charge in [-0.25, -0.2) is 8.42 Å². The maximum Gasteiger partial charge on any atom is 0.259 e. The Bertz CT molecular complexity index is 976. The highest BCUT2D eigenvalue weighted by Crippen LogP contribution is 2.29. The van der Waals surface area contributed by atoms with Gasteiger partial charge in [0.15, 0.2) is 9.84 Å². The van der Waals surface area contributed by atoms with Crippen molar-refractivity contribution >= 4 is 21.4 Å². The molecule has 148 valence electrons. The van der Waals surface area contributed by atoms with Gasteiger partial charge in [-0.3, -0.25) is 4.79 Å². The topological polar surface area (TPSA) is 82.1 Å². The van der Waals surface area contributed by atoms with Crippen molar-refractivity contribution in [2.24, 2.45) is 0 Å². The summed E-state index contributed by atoms with van der Waals surface area (Å²) in [5.41, 5.74) is 0.879. The number of hydrogen-bond acceptors (Lipinski definition) is 6. The molecule has 1 atom stereocenters. The van der Waals surface area contributed by atoms with Crippen LogP contribution in [0.3, 0.4) is 0 Å². The smallest absolute Gasteiger partial charge is 0.259 e. The van der Waals surface area contributed by atoms with Gasteiger partial charge >= 0.3 is 0 Å². The van der Waals surface area contributed by atoms with Gasteiger partial charge in [0.25, 0.3) is 5.91 Å². The van der Waals surface area contributed by atoms with Crippen LogP contribution >= 0.6 is 0 Å². The second kappa shape index (κ2) is 7.93. The molecule has 1 aliphatic rings. The van der Waals surface area contributed by atoms with E-state index >= 15 is 0 Å². The van der Waals surface area contributed by atoms with Crippen LogP contribution in [0.25, 0.3) is 0 Å². The van der Waals surface area contributed by atoms with E-state index in [9.17, 15) is 13.2 Å². The van der Waals surface area contributed by atoms with E-state index < -0.39 is 15.9 Å². The van der Waals surface area contributed by atoms with Crippen molar-refractivity contribution in [1.82, 2.24) is 0 Å². The number of hydrogen-bond donors (Lipinski definition) is 0. The van der Waals surface area contributed by atoms with E-state index in [0.717, 1.165) is 5.41 Å². The van der Waals surface area contributed by atoms with Gasteiger partial charge in [-0.2, -0.15) is 0 Å². The molecular weight excluding hydrogens is 382 g/mol. The van der Waals surface area contributed by atoms with Crippen LogP contribution < -0.4 is 19.1 Å². The summed E-state index contributed by atoms with van der Waals surface area (Å²) in [6, 6.07) is 11.1. The Labute approximate surface area is 164 Å². The molecule has 0 bridgehead atoms. The third-order valence-electron chi connectivity index (χ3n) is 4.41. The predicted molar refractivity (Wildman–Crippen MR) is 106 cm³/mol. The van der Waals surface area contributed by atoms with E-state index in [-0.39, 0.29) is 11.7 Å². The van der Waals surface area contributed by atoms with Gasteiger partial charge in [-0.1, -0.05) is 0 Å². The van der Waals surface area contributed by atoms with Crippen LogP contribution in [0.15, 0.2) is 53.9 Å². The summed E-state index contributed by atoms with van der Waals surface area (Å²) in [5, 5.41) is 1.15. The Hall–Kier alpha value is -3.00. The lowest BCUT2D eigenvalue weighted by atomic mass is 10.1. The zero-order valence-corrected chi connectivity index (χ0v) is 16.6. The van der Waals surface area contributed by atoms with Crippen LogP contribution in [0.1, 0.15) is 10.4 Å². The van der Waals surface area contributed by atoms with Crippen LogP contribution in [-0.2, 0) is 9.84 Å². The van der Waals surface area contributed by atoms with Crippen molar-refractivity contribution in [3.05, 3.63) is 59.5 Å². The first-order chi connectivity index (χ1) is 13.4. The zero-order chi connectivity index (χ0) is 20.3. The predicted octanol–water partition coefficient (Wildman–Crippen LogP) is 2.67. The van der Waals surface area contributed by atoms with Crippen LogP contribution in [0, 0.1) is 0 Å². The zero-order valence-electron chi connectivity index (χ0n) is 15.8. The molecule has 0 aromatic heterocycles. The second-order valence-electron chi connectivity index (χ2n) is 6.20. The molecule has 1 amide bonds. The van der Waals surface area contributed by atoms with Crippen molar-refractivity contribution in [3.8, 4) is 17.2 Å². The Morgan fingerprint density at radius 3 is 1.96 bits per heavy atom. The summed E-state index contributed by atoms with van der Waals surface area (Å²) >= 11 is 0. The fourth-order valence-electron chi connectivity index (χ4n) is 2.99. The average molecular weight is 403 g/mol. The van der Waals surface area contributed by atoms with E-state index in [4.69, 9.17) is 14.2 Å². The Morgan fingerprint density at radius 1 is 0.929 bits per heavy atom. The van der Waals surface area contributed by atoms with Crippen LogP contribution in [0.2, 0.25) is 0 Å². The standard InChI is InChI=1S/C20H21NO6S/c1-25-17-6-4-15(5-7-17)21(16-8-9-28(23,24)13-16)20(22)14-10-18(26-2)12-19(11-14)27-3/h4-12,16H,13H2,1-3H3/t16-/m1/s1. The third-order valence-corrected chi connectivity index (χ3v) is 5.79. The highest BCUT2D eigenvalue weighted by Gasteiger charge is 2.32. The minimum atomic E-state index is -3.35. The third kappa shape index (κ3) is 4.12. The molecule has 3 rings (SSSR count). The van der Waals surface area contributed by atoms with Gasteiger partial charge in [0.2, 0.25) is 0 Å². The summed E-state index contributed by atoms with van der Waals surface area (Å²) in [4.78, 5) is 14.8. The van der Waals surface area contributed by atoms with Crippen LogP contribution in [0.5, 0.6) is 17.2 Å². The van der Waals surface area contributed by atoms with Gasteiger partial charge in [0.1, 0.15) is 17.2 Å². The summed E-state index contributed by atoms with van der Waals surface area (Å²) in [7, 11) is 1.19. The molecule has 1 aliphatic heterocycles. The number of ether oxygens (including phenoxy) is 3. The molecule has 0 fully saturated rings. The lowest BCUT2D eigenvalue weighted by Crippen LogP contribution is -2.41. The summed E-state index contributed by atoms with van der Waals surface area (Å²) in [5.74, 6) is 1.02. The normalized spacial score (nSPS) is 17.2. The molecule has 0 saturated heterocycles. The first kappa shape index (κ1) is 19.8. The highest BCUT2D eigenvalue weighted by molar-refractivity contribution is 7.94. The molecule has 2 aromatic rings. The molecule has 8 heteroatoms. The molecule has 0 aliphatic carbocycles. The fraction of sp³-hybridized carbons (Fsp3) is 0.250. The Morgan fingerprint density at radius 2 is 1.50 bits per heavy atom. The quantitative estimate of drug-likeness (QED) is 0.738. The largest absolute Gasteiger partial charge is 0.497 e. The number of sulfone groups is 1. The number of amides is 1. The van der Waals surface area contributed by atoms with Crippen molar-refractivity contribution in [3.63, 3.8) is 0 Å². The molecule has 0 unspecified atom stereocenters. The Balaban J connectivity index is 2.05. The van der Waals surface area contributed by atoms with Crippen molar-refractivity contribution in [1.29, 1.82) is 0 Å². The molecule has 0 radical (unpaired) electrons. The molecule has 2 aromatic carbocycles. The number of carbonyl (C=O) groups excluding carboxylic acids is 1. The molecular formula is C20H21NO6S. The van der Waals surface area contributed by atoms with Crippen LogP contribution in [-0.4, -0.2) is 47.4 Å². The summed E-state index contributed by atoms with van der Waals surface area (Å²) in [6.07, 6.45) is 1.52.